The Hall–Kier alpha value is -2.80. The second-order valence-corrected chi connectivity index (χ2v) is 7.67. The van der Waals surface area contributed by atoms with Gasteiger partial charge in [0.05, 0.1) is 17.9 Å². The van der Waals surface area contributed by atoms with E-state index in [1.165, 1.54) is 17.3 Å². The molecule has 7 heteroatoms. The van der Waals surface area contributed by atoms with Gasteiger partial charge in [0, 0.05) is 12.7 Å². The number of nitrogens with zero attached hydrogens (tertiary/aromatic N) is 3. The van der Waals surface area contributed by atoms with E-state index in [2.05, 4.69) is 22.4 Å². The first kappa shape index (κ1) is 19.9. The fourth-order valence-corrected chi connectivity index (χ4v) is 3.58. The molecule has 1 aromatic heterocycles. The number of amides is 1. The Balaban J connectivity index is 1.71. The molecular weight excluding hydrogens is 372 g/mol. The lowest BCUT2D eigenvalue weighted by Gasteiger charge is -2.12. The minimum Gasteiger partial charge on any atom is -0.496 e. The van der Waals surface area contributed by atoms with Crippen LogP contribution in [0.1, 0.15) is 19.4 Å². The summed E-state index contributed by atoms with van der Waals surface area (Å²) < 4.78 is 7.29. The molecule has 0 aliphatic rings. The van der Waals surface area contributed by atoms with Crippen LogP contribution in [0.15, 0.2) is 53.7 Å². The highest BCUT2D eigenvalue weighted by Crippen LogP contribution is 2.31. The van der Waals surface area contributed by atoms with Crippen LogP contribution in [-0.2, 0) is 18.3 Å². The number of aromatic nitrogens is 3. The van der Waals surface area contributed by atoms with Crippen molar-refractivity contribution in [1.29, 1.82) is 0 Å². The summed E-state index contributed by atoms with van der Waals surface area (Å²) in [4.78, 5) is 12.6. The Morgan fingerprint density at radius 3 is 2.57 bits per heavy atom. The predicted octanol–water partition coefficient (Wildman–Crippen LogP) is 4.17. The number of benzene rings is 2. The van der Waals surface area contributed by atoms with E-state index in [1.54, 1.807) is 7.11 Å². The van der Waals surface area contributed by atoms with Crippen molar-refractivity contribution in [1.82, 2.24) is 14.8 Å². The van der Waals surface area contributed by atoms with Crippen molar-refractivity contribution < 1.29 is 9.53 Å². The molecular formula is C21H24N4O2S. The molecule has 1 heterocycles. The molecule has 1 atom stereocenters. The topological polar surface area (TPSA) is 69.0 Å². The van der Waals surface area contributed by atoms with Crippen LogP contribution in [0.4, 0.5) is 5.69 Å². The molecule has 0 saturated heterocycles. The Morgan fingerprint density at radius 1 is 1.18 bits per heavy atom. The SMILES string of the molecule is CCc1ccc(NC(=O)[C@@H](C)Sc2nnc(-c3ccccc3OC)n2C)cc1. The van der Waals surface area contributed by atoms with Gasteiger partial charge in [-0.15, -0.1) is 10.2 Å². The average molecular weight is 397 g/mol. The number of hydrogen-bond donors (Lipinski definition) is 1. The van der Waals surface area contributed by atoms with Crippen molar-refractivity contribution in [3.05, 3.63) is 54.1 Å². The third-order valence-electron chi connectivity index (χ3n) is 4.46. The molecule has 1 amide bonds. The van der Waals surface area contributed by atoms with Gasteiger partial charge in [0.2, 0.25) is 5.91 Å². The number of para-hydroxylation sites is 1. The van der Waals surface area contributed by atoms with Gasteiger partial charge in [0.15, 0.2) is 11.0 Å². The molecule has 6 nitrogen and oxygen atoms in total. The van der Waals surface area contributed by atoms with Crippen molar-refractivity contribution >= 4 is 23.4 Å². The fourth-order valence-electron chi connectivity index (χ4n) is 2.76. The molecule has 146 valence electrons. The number of aryl methyl sites for hydroxylation is 1. The summed E-state index contributed by atoms with van der Waals surface area (Å²) in [5.74, 6) is 1.36. The monoisotopic (exact) mass is 396 g/mol. The second kappa shape index (κ2) is 8.93. The third-order valence-corrected chi connectivity index (χ3v) is 5.60. The van der Waals surface area contributed by atoms with Gasteiger partial charge >= 0.3 is 0 Å². The summed E-state index contributed by atoms with van der Waals surface area (Å²) in [7, 11) is 3.52. The summed E-state index contributed by atoms with van der Waals surface area (Å²) in [6, 6.07) is 15.6. The van der Waals surface area contributed by atoms with E-state index in [4.69, 9.17) is 4.74 Å². The van der Waals surface area contributed by atoms with E-state index in [0.29, 0.717) is 11.0 Å². The van der Waals surface area contributed by atoms with Crippen molar-refractivity contribution in [3.63, 3.8) is 0 Å². The first-order valence-corrected chi connectivity index (χ1v) is 10.0. The van der Waals surface area contributed by atoms with Crippen LogP contribution in [-0.4, -0.2) is 33.0 Å². The normalized spacial score (nSPS) is 11.9. The molecule has 0 aliphatic carbocycles. The maximum Gasteiger partial charge on any atom is 0.237 e. The molecule has 3 aromatic rings. The summed E-state index contributed by atoms with van der Waals surface area (Å²) in [6.45, 7) is 3.96. The van der Waals surface area contributed by atoms with Crippen molar-refractivity contribution in [3.8, 4) is 17.1 Å². The van der Waals surface area contributed by atoms with Crippen LogP contribution in [0.3, 0.4) is 0 Å². The lowest BCUT2D eigenvalue weighted by Crippen LogP contribution is -2.22. The van der Waals surface area contributed by atoms with E-state index in [9.17, 15) is 4.79 Å². The molecule has 1 N–H and O–H groups in total. The Labute approximate surface area is 169 Å². The molecule has 0 fully saturated rings. The van der Waals surface area contributed by atoms with Gasteiger partial charge in [0.25, 0.3) is 0 Å². The molecule has 0 unspecified atom stereocenters. The third kappa shape index (κ3) is 4.36. The zero-order chi connectivity index (χ0) is 20.1. The number of nitrogens with one attached hydrogen (secondary N) is 1. The number of ether oxygens (including phenoxy) is 1. The van der Waals surface area contributed by atoms with Gasteiger partial charge in [-0.2, -0.15) is 0 Å². The highest BCUT2D eigenvalue weighted by atomic mass is 32.2. The van der Waals surface area contributed by atoms with Crippen LogP contribution in [0.2, 0.25) is 0 Å². The minimum absolute atomic E-state index is 0.0731. The van der Waals surface area contributed by atoms with E-state index in [0.717, 1.165) is 23.4 Å². The van der Waals surface area contributed by atoms with Gasteiger partial charge in [-0.1, -0.05) is 43.0 Å². The molecule has 3 rings (SSSR count). The summed E-state index contributed by atoms with van der Waals surface area (Å²) in [5, 5.41) is 11.9. The lowest BCUT2D eigenvalue weighted by atomic mass is 10.1. The zero-order valence-corrected chi connectivity index (χ0v) is 17.3. The first-order chi connectivity index (χ1) is 13.5. The van der Waals surface area contributed by atoms with E-state index < -0.39 is 0 Å². The van der Waals surface area contributed by atoms with Crippen LogP contribution in [0.25, 0.3) is 11.4 Å². The van der Waals surface area contributed by atoms with E-state index >= 15 is 0 Å². The number of anilines is 1. The maximum absolute atomic E-state index is 12.6. The van der Waals surface area contributed by atoms with Gasteiger partial charge in [-0.3, -0.25) is 4.79 Å². The van der Waals surface area contributed by atoms with Crippen LogP contribution < -0.4 is 10.1 Å². The summed E-state index contributed by atoms with van der Waals surface area (Å²) in [6.07, 6.45) is 0.973. The standard InChI is InChI=1S/C21H24N4O2S/c1-5-15-10-12-16(13-11-15)22-20(26)14(2)28-21-24-23-19(25(21)3)17-8-6-7-9-18(17)27-4/h6-14H,5H2,1-4H3,(H,22,26)/t14-/m1/s1. The summed E-state index contributed by atoms with van der Waals surface area (Å²) in [5.41, 5.74) is 2.89. The number of methoxy groups -OCH3 is 1. The van der Waals surface area contributed by atoms with Crippen LogP contribution in [0, 0.1) is 0 Å². The molecule has 0 saturated carbocycles. The van der Waals surface area contributed by atoms with E-state index in [1.807, 2.05) is 67.1 Å². The number of rotatable bonds is 7. The second-order valence-electron chi connectivity index (χ2n) is 6.37. The number of thioether (sulfide) groups is 1. The fraction of sp³-hybridized carbons (Fsp3) is 0.286. The average Bonchev–Trinajstić information content (AvgIpc) is 3.08. The maximum atomic E-state index is 12.6. The molecule has 0 spiro atoms. The van der Waals surface area contributed by atoms with Gasteiger partial charge < -0.3 is 14.6 Å². The smallest absolute Gasteiger partial charge is 0.237 e. The number of hydrogen-bond acceptors (Lipinski definition) is 5. The number of carbonyl (C=O) groups excluding carboxylic acids is 1. The molecule has 0 bridgehead atoms. The predicted molar refractivity (Wildman–Crippen MR) is 113 cm³/mol. The highest BCUT2D eigenvalue weighted by Gasteiger charge is 2.20. The Morgan fingerprint density at radius 2 is 1.89 bits per heavy atom. The molecule has 2 aromatic carbocycles. The molecule has 0 aliphatic heterocycles. The lowest BCUT2D eigenvalue weighted by molar-refractivity contribution is -0.115. The molecule has 28 heavy (non-hydrogen) atoms. The van der Waals surface area contributed by atoms with Crippen LogP contribution >= 0.6 is 11.8 Å². The zero-order valence-electron chi connectivity index (χ0n) is 16.5. The van der Waals surface area contributed by atoms with Gasteiger partial charge in [0.1, 0.15) is 5.75 Å². The van der Waals surface area contributed by atoms with Crippen molar-refractivity contribution in [2.45, 2.75) is 30.7 Å². The largest absolute Gasteiger partial charge is 0.496 e. The van der Waals surface area contributed by atoms with Crippen molar-refractivity contribution in [2.75, 3.05) is 12.4 Å². The number of carbonyl (C=O) groups is 1. The van der Waals surface area contributed by atoms with Crippen molar-refractivity contribution in [2.24, 2.45) is 7.05 Å². The Bertz CT molecular complexity index is 953. The Kier molecular flexibility index (Phi) is 6.36. The quantitative estimate of drug-likeness (QED) is 0.607. The minimum atomic E-state index is -0.320. The summed E-state index contributed by atoms with van der Waals surface area (Å²) >= 11 is 1.37. The molecule has 0 radical (unpaired) electrons. The van der Waals surface area contributed by atoms with E-state index in [-0.39, 0.29) is 11.2 Å². The first-order valence-electron chi connectivity index (χ1n) is 9.12. The van der Waals surface area contributed by atoms with Crippen LogP contribution in [0.5, 0.6) is 5.75 Å². The van der Waals surface area contributed by atoms with Gasteiger partial charge in [-0.05, 0) is 43.2 Å². The van der Waals surface area contributed by atoms with Gasteiger partial charge in [-0.25, -0.2) is 0 Å². The highest BCUT2D eigenvalue weighted by molar-refractivity contribution is 8.00.